The van der Waals surface area contributed by atoms with Crippen molar-refractivity contribution in [2.24, 2.45) is 5.92 Å². The van der Waals surface area contributed by atoms with Gasteiger partial charge in [0.15, 0.2) is 0 Å². The monoisotopic (exact) mass is 432 g/mol. The molecule has 0 unspecified atom stereocenters. The molecule has 8 nitrogen and oxygen atoms in total. The number of carbonyl (C=O) groups excluding carboxylic acids is 1. The van der Waals surface area contributed by atoms with Crippen LogP contribution in [-0.4, -0.2) is 35.3 Å². The summed E-state index contributed by atoms with van der Waals surface area (Å²) in [6, 6.07) is 17.6. The van der Waals surface area contributed by atoms with Gasteiger partial charge in [-0.3, -0.25) is 4.90 Å². The normalized spacial score (nSPS) is 15.7. The van der Waals surface area contributed by atoms with Crippen LogP contribution in [0.4, 0.5) is 33.6 Å². The lowest BCUT2D eigenvalue weighted by atomic mass is 10.0. The average Bonchev–Trinajstić information content (AvgIpc) is 3.18. The largest absolute Gasteiger partial charge is 0.447 e. The van der Waals surface area contributed by atoms with E-state index in [4.69, 9.17) is 10.5 Å². The van der Waals surface area contributed by atoms with E-state index in [1.54, 1.807) is 17.2 Å². The highest BCUT2D eigenvalue weighted by molar-refractivity contribution is 5.89. The Balaban J connectivity index is 1.32. The van der Waals surface area contributed by atoms with Crippen molar-refractivity contribution in [1.82, 2.24) is 9.97 Å². The van der Waals surface area contributed by atoms with E-state index in [-0.39, 0.29) is 18.1 Å². The molecular formula is C24H28N6O2. The van der Waals surface area contributed by atoms with Crippen LogP contribution in [0.15, 0.2) is 60.8 Å². The van der Waals surface area contributed by atoms with Crippen molar-refractivity contribution in [3.63, 3.8) is 0 Å². The number of cyclic esters (lactones) is 1. The second-order valence-electron chi connectivity index (χ2n) is 8.12. The topological polar surface area (TPSA) is 105 Å². The third-order valence-corrected chi connectivity index (χ3v) is 5.41. The molecule has 1 aliphatic rings. The predicted molar refractivity (Wildman–Crippen MR) is 127 cm³/mol. The predicted octanol–water partition coefficient (Wildman–Crippen LogP) is 4.44. The second kappa shape index (κ2) is 9.55. The molecule has 0 bridgehead atoms. The van der Waals surface area contributed by atoms with Gasteiger partial charge in [-0.25, -0.2) is 9.78 Å². The van der Waals surface area contributed by atoms with Gasteiger partial charge in [-0.2, -0.15) is 4.98 Å². The van der Waals surface area contributed by atoms with Gasteiger partial charge in [-0.05, 0) is 60.4 Å². The first-order valence-electron chi connectivity index (χ1n) is 10.7. The molecule has 8 heteroatoms. The summed E-state index contributed by atoms with van der Waals surface area (Å²) in [6.07, 6.45) is 2.11. The van der Waals surface area contributed by atoms with Crippen LogP contribution < -0.4 is 21.3 Å². The lowest BCUT2D eigenvalue weighted by Crippen LogP contribution is -2.37. The van der Waals surface area contributed by atoms with Gasteiger partial charge in [-0.1, -0.05) is 26.0 Å². The van der Waals surface area contributed by atoms with Crippen molar-refractivity contribution in [3.05, 3.63) is 66.4 Å². The molecule has 1 amide bonds. The number of hydrogen-bond donors (Lipinski definition) is 3. The van der Waals surface area contributed by atoms with E-state index in [1.807, 2.05) is 36.4 Å². The summed E-state index contributed by atoms with van der Waals surface area (Å²) in [4.78, 5) is 22.6. The molecule has 2 heterocycles. The van der Waals surface area contributed by atoms with Crippen molar-refractivity contribution in [2.45, 2.75) is 26.3 Å². The minimum Gasteiger partial charge on any atom is -0.447 e. The number of carbonyl (C=O) groups is 1. The van der Waals surface area contributed by atoms with Crippen LogP contribution in [0.25, 0.3) is 0 Å². The van der Waals surface area contributed by atoms with Crippen molar-refractivity contribution in [3.8, 4) is 0 Å². The van der Waals surface area contributed by atoms with Gasteiger partial charge in [0, 0.05) is 29.8 Å². The van der Waals surface area contributed by atoms with Crippen LogP contribution in [0, 0.1) is 5.92 Å². The number of nitrogens with one attached hydrogen (secondary N) is 2. The molecule has 0 radical (unpaired) electrons. The van der Waals surface area contributed by atoms with Crippen molar-refractivity contribution < 1.29 is 9.53 Å². The Bertz CT molecular complexity index is 1050. The minimum atomic E-state index is -0.360. The maximum absolute atomic E-state index is 12.2. The summed E-state index contributed by atoms with van der Waals surface area (Å²) in [6.45, 7) is 5.19. The minimum absolute atomic E-state index is 0.0226. The highest BCUT2D eigenvalue weighted by Gasteiger charge is 2.37. The first kappa shape index (κ1) is 21.4. The van der Waals surface area contributed by atoms with E-state index < -0.39 is 0 Å². The summed E-state index contributed by atoms with van der Waals surface area (Å²) in [7, 11) is 0. The molecule has 0 aliphatic carbocycles. The van der Waals surface area contributed by atoms with Gasteiger partial charge in [0.2, 0.25) is 5.95 Å². The Hall–Kier alpha value is -3.81. The lowest BCUT2D eigenvalue weighted by Gasteiger charge is -2.23. The van der Waals surface area contributed by atoms with E-state index in [1.165, 1.54) is 5.56 Å². The van der Waals surface area contributed by atoms with Gasteiger partial charge >= 0.3 is 6.09 Å². The molecule has 1 atom stereocenters. The van der Waals surface area contributed by atoms with Gasteiger partial charge in [0.05, 0.1) is 6.04 Å². The number of ether oxygens (including phenoxy) is 1. The Morgan fingerprint density at radius 2 is 1.78 bits per heavy atom. The average molecular weight is 433 g/mol. The molecule has 0 spiro atoms. The molecule has 2 aromatic carbocycles. The molecule has 1 aliphatic heterocycles. The fraction of sp³-hybridized carbons (Fsp3) is 0.292. The van der Waals surface area contributed by atoms with Crippen LogP contribution >= 0.6 is 0 Å². The molecule has 1 saturated heterocycles. The summed E-state index contributed by atoms with van der Waals surface area (Å²) in [5.74, 6) is 1.32. The van der Waals surface area contributed by atoms with E-state index in [9.17, 15) is 4.79 Å². The third-order valence-electron chi connectivity index (χ3n) is 5.41. The number of aromatic nitrogens is 2. The SMILES string of the molecule is CC(C)[C@H]1COC(=O)N1c1ccnc(NCCc2ccc(Nc3ccc(N)cc3)cc2)n1. The zero-order chi connectivity index (χ0) is 22.5. The number of hydrogen-bond acceptors (Lipinski definition) is 7. The fourth-order valence-electron chi connectivity index (χ4n) is 3.57. The third kappa shape index (κ3) is 5.08. The van der Waals surface area contributed by atoms with Gasteiger partial charge in [0.1, 0.15) is 12.4 Å². The number of rotatable bonds is 8. The van der Waals surface area contributed by atoms with Crippen molar-refractivity contribution in [2.75, 3.05) is 34.4 Å². The standard InChI is InChI=1S/C24H28N6O2/c1-16(2)21-15-32-24(31)30(21)22-12-14-27-23(29-22)26-13-11-17-3-7-19(8-4-17)28-20-9-5-18(25)6-10-20/h3-10,12,14,16,21,28H,11,13,15,25H2,1-2H3,(H,26,27,29)/t21-/m1/s1. The highest BCUT2D eigenvalue weighted by Crippen LogP contribution is 2.26. The van der Waals surface area contributed by atoms with Gasteiger partial charge in [-0.15, -0.1) is 0 Å². The second-order valence-corrected chi connectivity index (χ2v) is 8.12. The Kier molecular flexibility index (Phi) is 6.39. The Morgan fingerprint density at radius 3 is 2.47 bits per heavy atom. The molecule has 1 aromatic heterocycles. The smallest absolute Gasteiger partial charge is 0.415 e. The summed E-state index contributed by atoms with van der Waals surface area (Å²) >= 11 is 0. The fourth-order valence-corrected chi connectivity index (χ4v) is 3.57. The van der Waals surface area contributed by atoms with Crippen LogP contribution in [0.1, 0.15) is 19.4 Å². The maximum atomic E-state index is 12.2. The summed E-state index contributed by atoms with van der Waals surface area (Å²) in [5, 5.41) is 6.60. The first-order valence-corrected chi connectivity index (χ1v) is 10.7. The first-order chi connectivity index (χ1) is 15.5. The Morgan fingerprint density at radius 1 is 1.09 bits per heavy atom. The molecule has 3 aromatic rings. The van der Waals surface area contributed by atoms with E-state index >= 15 is 0 Å². The molecule has 4 N–H and O–H groups in total. The number of nitrogens with two attached hydrogens (primary N) is 1. The molecule has 0 saturated carbocycles. The molecule has 1 fully saturated rings. The molecule has 166 valence electrons. The maximum Gasteiger partial charge on any atom is 0.415 e. The van der Waals surface area contributed by atoms with Crippen LogP contribution in [0.3, 0.4) is 0 Å². The van der Waals surface area contributed by atoms with Crippen LogP contribution in [0.2, 0.25) is 0 Å². The molecule has 32 heavy (non-hydrogen) atoms. The summed E-state index contributed by atoms with van der Waals surface area (Å²) in [5.41, 5.74) is 9.67. The molecular weight excluding hydrogens is 404 g/mol. The highest BCUT2D eigenvalue weighted by atomic mass is 16.6. The van der Waals surface area contributed by atoms with Gasteiger partial charge in [0.25, 0.3) is 0 Å². The zero-order valence-electron chi connectivity index (χ0n) is 18.3. The number of amides is 1. The number of anilines is 5. The number of benzene rings is 2. The van der Waals surface area contributed by atoms with Crippen molar-refractivity contribution >= 4 is 34.9 Å². The van der Waals surface area contributed by atoms with E-state index in [2.05, 4.69) is 46.6 Å². The van der Waals surface area contributed by atoms with E-state index in [0.29, 0.717) is 24.9 Å². The Labute approximate surface area is 187 Å². The van der Waals surface area contributed by atoms with Crippen molar-refractivity contribution in [1.29, 1.82) is 0 Å². The number of nitrogens with zero attached hydrogens (tertiary/aromatic N) is 3. The van der Waals surface area contributed by atoms with Gasteiger partial charge < -0.3 is 21.1 Å². The van der Waals surface area contributed by atoms with Crippen LogP contribution in [-0.2, 0) is 11.2 Å². The van der Waals surface area contributed by atoms with Crippen LogP contribution in [0.5, 0.6) is 0 Å². The summed E-state index contributed by atoms with van der Waals surface area (Å²) < 4.78 is 5.22. The van der Waals surface area contributed by atoms with E-state index in [0.717, 1.165) is 23.5 Å². The lowest BCUT2D eigenvalue weighted by molar-refractivity contribution is 0.177. The quantitative estimate of drug-likeness (QED) is 0.452. The molecule has 4 rings (SSSR count). The zero-order valence-corrected chi connectivity index (χ0v) is 18.3. The number of nitrogen functional groups attached to an aromatic ring is 1.